The predicted molar refractivity (Wildman–Crippen MR) is 314 cm³/mol. The fourth-order valence-corrected chi connectivity index (χ4v) is 17.2. The van der Waals surface area contributed by atoms with Gasteiger partial charge in [-0.3, -0.25) is 5.41 Å². The first-order valence-corrected chi connectivity index (χ1v) is 27.9. The summed E-state index contributed by atoms with van der Waals surface area (Å²) < 4.78 is 2.52. The van der Waals surface area contributed by atoms with Crippen molar-refractivity contribution < 1.29 is 0 Å². The Morgan fingerprint density at radius 3 is 1.57 bits per heavy atom. The van der Waals surface area contributed by atoms with E-state index in [2.05, 4.69) is 306 Å². The summed E-state index contributed by atoms with van der Waals surface area (Å²) in [5.41, 5.74) is 17.2. The van der Waals surface area contributed by atoms with Crippen LogP contribution in [0, 0.1) is 5.41 Å². The molecule has 0 bridgehead atoms. The molecule has 11 aromatic carbocycles. The average Bonchev–Trinajstić information content (AvgIpc) is 4.03. The van der Waals surface area contributed by atoms with Crippen molar-refractivity contribution in [3.8, 4) is 16.8 Å². The minimum absolute atomic E-state index is 0.344. The van der Waals surface area contributed by atoms with Crippen LogP contribution in [-0.4, -0.2) is 23.5 Å². The lowest BCUT2D eigenvalue weighted by atomic mass is 9.67. The van der Waals surface area contributed by atoms with E-state index in [1.807, 2.05) is 0 Å². The first kappa shape index (κ1) is 45.7. The minimum atomic E-state index is -2.82. The van der Waals surface area contributed by atoms with Crippen LogP contribution >= 0.6 is 0 Å². The Kier molecular flexibility index (Phi) is 11.8. The minimum Gasteiger partial charge on any atom is -0.309 e. The van der Waals surface area contributed by atoms with Gasteiger partial charge in [-0.2, -0.15) is 0 Å². The van der Waals surface area contributed by atoms with E-state index in [0.29, 0.717) is 18.9 Å². The maximum absolute atomic E-state index is 9.91. The van der Waals surface area contributed by atoms with Gasteiger partial charge in [0.1, 0.15) is 5.84 Å². The molecule has 0 spiro atoms. The summed E-state index contributed by atoms with van der Waals surface area (Å²) in [7, 11) is -2.82. The summed E-state index contributed by atoms with van der Waals surface area (Å²) in [6.45, 7) is 1.13. The number of rotatable bonds is 13. The van der Waals surface area contributed by atoms with Gasteiger partial charge in [-0.1, -0.05) is 273 Å². The molecule has 75 heavy (non-hydrogen) atoms. The van der Waals surface area contributed by atoms with Gasteiger partial charge in [0.25, 0.3) is 0 Å². The van der Waals surface area contributed by atoms with E-state index in [1.165, 1.54) is 70.4 Å². The Balaban J connectivity index is 0.932. The highest BCUT2D eigenvalue weighted by molar-refractivity contribution is 7.19. The van der Waals surface area contributed by atoms with Crippen LogP contribution in [0.2, 0.25) is 0 Å². The molecule has 2 N–H and O–H groups in total. The molecule has 0 aliphatic heterocycles. The first-order valence-electron chi connectivity index (χ1n) is 25.9. The van der Waals surface area contributed by atoms with Gasteiger partial charge in [0, 0.05) is 40.7 Å². The zero-order chi connectivity index (χ0) is 50.2. The van der Waals surface area contributed by atoms with E-state index < -0.39 is 13.5 Å². The summed E-state index contributed by atoms with van der Waals surface area (Å²) in [6, 6.07) is 106. The molecule has 4 nitrogen and oxygen atoms in total. The molecule has 0 amide bonds. The summed E-state index contributed by atoms with van der Waals surface area (Å²) in [5, 5.41) is 19.7. The molecule has 5 heteroatoms. The van der Waals surface area contributed by atoms with E-state index >= 15 is 0 Å². The fraction of sp³-hybridized carbons (Fsp3) is 0.0429. The summed E-state index contributed by atoms with van der Waals surface area (Å²) in [6.07, 6.45) is 0. The van der Waals surface area contributed by atoms with Gasteiger partial charge >= 0.3 is 0 Å². The molecular formula is C70H54N4Si. The average molecular weight is 979 g/mol. The monoisotopic (exact) mass is 978 g/mol. The quantitative estimate of drug-likeness (QED) is 0.0397. The normalized spacial score (nSPS) is 12.7. The number of nitrogens with one attached hydrogen (secondary N) is 2. The Labute approximate surface area is 440 Å². The molecule has 1 heterocycles. The molecule has 358 valence electrons. The number of benzene rings is 11. The third-order valence-corrected chi connectivity index (χ3v) is 20.3. The lowest BCUT2D eigenvalue weighted by molar-refractivity contribution is 0.216. The van der Waals surface area contributed by atoms with Gasteiger partial charge in [-0.15, -0.1) is 0 Å². The van der Waals surface area contributed by atoms with Crippen molar-refractivity contribution >= 4 is 56.5 Å². The number of fused-ring (bicyclic) bond motifs is 7. The van der Waals surface area contributed by atoms with Crippen molar-refractivity contribution in [3.05, 3.63) is 330 Å². The smallest absolute Gasteiger partial charge is 0.179 e. The second-order valence-corrected chi connectivity index (χ2v) is 23.5. The first-order chi connectivity index (χ1) is 37.1. The molecule has 1 aromatic heterocycles. The molecule has 0 radical (unpaired) electrons. The number of aromatic nitrogens is 1. The molecule has 0 unspecified atom stereocenters. The van der Waals surface area contributed by atoms with Gasteiger partial charge < -0.3 is 9.99 Å². The highest BCUT2D eigenvalue weighted by Crippen LogP contribution is 2.59. The van der Waals surface area contributed by atoms with Crippen LogP contribution in [0.15, 0.2) is 291 Å². The van der Waals surface area contributed by atoms with Crippen LogP contribution in [-0.2, 0) is 18.5 Å². The van der Waals surface area contributed by atoms with Crippen LogP contribution in [0.5, 0.6) is 0 Å². The van der Waals surface area contributed by atoms with Crippen LogP contribution in [0.4, 0.5) is 0 Å². The topological polar surface area (TPSA) is 44.1 Å². The lowest BCUT2D eigenvalue weighted by Gasteiger charge is -2.34. The molecule has 0 saturated carbocycles. The van der Waals surface area contributed by atoms with E-state index in [4.69, 9.17) is 0 Å². The van der Waals surface area contributed by atoms with Gasteiger partial charge in [-0.05, 0) is 77.9 Å². The van der Waals surface area contributed by atoms with E-state index in [-0.39, 0.29) is 0 Å². The number of hydrazine groups is 1. The molecular weight excluding hydrogens is 925 g/mol. The zero-order valence-electron chi connectivity index (χ0n) is 41.5. The Morgan fingerprint density at radius 2 is 0.933 bits per heavy atom. The number of nitrogens with zero attached hydrogens (tertiary/aromatic N) is 2. The van der Waals surface area contributed by atoms with Crippen molar-refractivity contribution in [2.24, 2.45) is 0 Å². The molecule has 13 rings (SSSR count). The van der Waals surface area contributed by atoms with Crippen molar-refractivity contribution in [1.82, 2.24) is 15.0 Å². The van der Waals surface area contributed by atoms with E-state index in [1.54, 1.807) is 0 Å². The maximum Gasteiger partial charge on any atom is 0.179 e. The second kappa shape index (κ2) is 19.4. The molecule has 1 aliphatic carbocycles. The van der Waals surface area contributed by atoms with Crippen molar-refractivity contribution in [2.75, 3.05) is 0 Å². The van der Waals surface area contributed by atoms with Gasteiger partial charge in [0.2, 0.25) is 0 Å². The third-order valence-electron chi connectivity index (χ3n) is 15.5. The van der Waals surface area contributed by atoms with Crippen LogP contribution < -0.4 is 26.2 Å². The Bertz CT molecular complexity index is 3850. The maximum atomic E-state index is 9.91. The van der Waals surface area contributed by atoms with E-state index in [9.17, 15) is 5.41 Å². The summed E-state index contributed by atoms with van der Waals surface area (Å²) >= 11 is 0. The standard InChI is InChI=1S/C70H54N4Si/c71-69(53-28-24-40-60(48-53)75(57-34-13-4-14-35-57,58-36-15-5-16-37-58)59-38-17-6-18-39-59)72-73(49-51-25-7-1-8-26-51)50-52-27-23-33-56(47-52)74-66-44-22-20-42-62(66)64-46-45-63-61-41-19-21-43-65(61)70(67(63)68(64)74,54-29-9-2-10-30-54)55-31-11-3-12-32-55/h1-48H,49-50H2,(H2,71,72). The van der Waals surface area contributed by atoms with Gasteiger partial charge in [0.15, 0.2) is 8.07 Å². The second-order valence-electron chi connectivity index (χ2n) is 19.7. The number of hydrogen-bond acceptors (Lipinski definition) is 2. The van der Waals surface area contributed by atoms with Crippen LogP contribution in [0.3, 0.4) is 0 Å². The molecule has 1 aliphatic rings. The zero-order valence-corrected chi connectivity index (χ0v) is 42.5. The van der Waals surface area contributed by atoms with E-state index in [0.717, 1.165) is 27.9 Å². The predicted octanol–water partition coefficient (Wildman–Crippen LogP) is 13.1. The highest BCUT2D eigenvalue weighted by Gasteiger charge is 2.48. The third kappa shape index (κ3) is 7.75. The fourth-order valence-electron chi connectivity index (χ4n) is 12.4. The molecule has 0 fully saturated rings. The van der Waals surface area contributed by atoms with Crippen LogP contribution in [0.25, 0.3) is 38.6 Å². The highest BCUT2D eigenvalue weighted by atomic mass is 28.3. The SMILES string of the molecule is N=C(NN(Cc1ccccc1)Cc1cccc(-n2c3ccccc3c3ccc4c(c32)C(c2ccccc2)(c2ccccc2)c2ccccc2-4)c1)c1cccc([Si](c2ccccc2)(c2ccccc2)c2ccccc2)c1. The molecule has 0 atom stereocenters. The molecule has 12 aromatic rings. The van der Waals surface area contributed by atoms with Crippen LogP contribution in [0.1, 0.15) is 38.9 Å². The Hall–Kier alpha value is -9.13. The molecule has 0 saturated heterocycles. The van der Waals surface area contributed by atoms with Crippen molar-refractivity contribution in [1.29, 1.82) is 5.41 Å². The number of amidine groups is 1. The number of para-hydroxylation sites is 1. The Morgan fingerprint density at radius 1 is 0.427 bits per heavy atom. The summed E-state index contributed by atoms with van der Waals surface area (Å²) in [5.74, 6) is 0.344. The lowest BCUT2D eigenvalue weighted by Crippen LogP contribution is -2.74. The van der Waals surface area contributed by atoms with Gasteiger partial charge in [-0.25, -0.2) is 5.01 Å². The van der Waals surface area contributed by atoms with Gasteiger partial charge in [0.05, 0.1) is 16.4 Å². The summed E-state index contributed by atoms with van der Waals surface area (Å²) in [4.78, 5) is 0. The largest absolute Gasteiger partial charge is 0.309 e. The van der Waals surface area contributed by atoms with Crippen molar-refractivity contribution in [2.45, 2.75) is 18.5 Å². The number of hydrogen-bond donors (Lipinski definition) is 2. The van der Waals surface area contributed by atoms with Crippen molar-refractivity contribution in [3.63, 3.8) is 0 Å².